The van der Waals surface area contributed by atoms with Crippen LogP contribution in [-0.2, 0) is 0 Å². The molecule has 1 atom stereocenters. The lowest BCUT2D eigenvalue weighted by molar-refractivity contribution is 0.781. The molecular weight excluding hydrogens is 813 g/mol. The normalized spacial score (nSPS) is 13.5. The molecule has 11 aromatic rings. The maximum absolute atomic E-state index is 5.57. The number of fused-ring (bicyclic) bond motifs is 3. The van der Waals surface area contributed by atoms with Crippen LogP contribution in [0.1, 0.15) is 22.7 Å². The summed E-state index contributed by atoms with van der Waals surface area (Å²) in [6.45, 7) is 0. The Morgan fingerprint density at radius 2 is 0.806 bits per heavy atom. The van der Waals surface area contributed by atoms with E-state index in [1.165, 1.54) is 22.3 Å². The van der Waals surface area contributed by atoms with E-state index >= 15 is 0 Å². The van der Waals surface area contributed by atoms with Gasteiger partial charge in [-0.1, -0.05) is 231 Å². The Kier molecular flexibility index (Phi) is 10.2. The Morgan fingerprint density at radius 1 is 0.358 bits per heavy atom. The highest BCUT2D eigenvalue weighted by molar-refractivity contribution is 6.15. The van der Waals surface area contributed by atoms with E-state index in [9.17, 15) is 0 Å². The highest BCUT2D eigenvalue weighted by atomic mass is 15.2. The van der Waals surface area contributed by atoms with Crippen LogP contribution in [0.4, 0.5) is 0 Å². The number of rotatable bonds is 9. The third-order valence-electron chi connectivity index (χ3n) is 12.8. The van der Waals surface area contributed by atoms with Crippen LogP contribution in [0, 0.1) is 0 Å². The Labute approximate surface area is 390 Å². The average Bonchev–Trinajstić information content (AvgIpc) is 3.83. The molecule has 2 aromatic heterocycles. The topological polar surface area (TPSA) is 41.7 Å². The first kappa shape index (κ1) is 39.7. The molecule has 0 saturated heterocycles. The number of nitrogens with zero attached hydrogens (tertiary/aromatic N) is 3. The molecule has 0 spiro atoms. The van der Waals surface area contributed by atoms with Crippen LogP contribution >= 0.6 is 0 Å². The van der Waals surface area contributed by atoms with Gasteiger partial charge in [0, 0.05) is 33.2 Å². The summed E-state index contributed by atoms with van der Waals surface area (Å²) in [4.78, 5) is 5.34. The number of benzene rings is 9. The first-order valence-electron chi connectivity index (χ1n) is 22.9. The second-order valence-electron chi connectivity index (χ2n) is 17.0. The van der Waals surface area contributed by atoms with Crippen LogP contribution in [-0.4, -0.2) is 15.4 Å². The highest BCUT2D eigenvalue weighted by Gasteiger charge is 2.26. The Bertz CT molecular complexity index is 3540. The van der Waals surface area contributed by atoms with Crippen molar-refractivity contribution in [3.05, 3.63) is 271 Å². The van der Waals surface area contributed by atoms with Crippen molar-refractivity contribution in [1.82, 2.24) is 14.9 Å². The molecule has 9 aromatic carbocycles. The predicted molar refractivity (Wildman–Crippen MR) is 279 cm³/mol. The Hall–Kier alpha value is -8.86. The molecular formula is C63H44N4. The van der Waals surface area contributed by atoms with Crippen molar-refractivity contribution in [2.75, 3.05) is 0 Å². The van der Waals surface area contributed by atoms with Gasteiger partial charge in [0.2, 0.25) is 0 Å². The molecule has 12 rings (SSSR count). The second-order valence-corrected chi connectivity index (χ2v) is 17.0. The predicted octanol–water partition coefficient (Wildman–Crippen LogP) is 15.6. The van der Waals surface area contributed by atoms with Crippen molar-refractivity contribution in [3.63, 3.8) is 0 Å². The minimum atomic E-state index is -0.151. The van der Waals surface area contributed by atoms with E-state index in [0.29, 0.717) is 0 Å². The summed E-state index contributed by atoms with van der Waals surface area (Å²) in [5.74, 6) is 0.819. The summed E-state index contributed by atoms with van der Waals surface area (Å²) in [6.07, 6.45) is 2.26. The highest BCUT2D eigenvalue weighted by Crippen LogP contribution is 2.46. The van der Waals surface area contributed by atoms with Gasteiger partial charge < -0.3 is 5.32 Å². The van der Waals surface area contributed by atoms with E-state index in [-0.39, 0.29) is 6.04 Å². The maximum atomic E-state index is 5.57. The van der Waals surface area contributed by atoms with Crippen LogP contribution < -0.4 is 5.32 Å². The summed E-state index contributed by atoms with van der Waals surface area (Å²) in [7, 11) is 0. The first-order valence-corrected chi connectivity index (χ1v) is 22.9. The fourth-order valence-electron chi connectivity index (χ4n) is 9.66. The second kappa shape index (κ2) is 17.3. The summed E-state index contributed by atoms with van der Waals surface area (Å²) in [5.41, 5.74) is 18.5. The monoisotopic (exact) mass is 856 g/mol. The fraction of sp³-hybridized carbons (Fsp3) is 0.0159. The maximum Gasteiger partial charge on any atom is 0.134 e. The van der Waals surface area contributed by atoms with Crippen molar-refractivity contribution < 1.29 is 0 Å². The standard InChI is InChI=1S/C63H44N4/c1-7-21-43(22-8-1)51-39-52(44-23-9-2-10-24-44)41-53(40-51)57-42-56(45-25-11-3-12-26-45)64-63(65-57)50-37-35-47(36-38-50)58-54-33-19-20-34-55(54)62-59(46-27-13-4-14-28-46)60(48-29-15-5-16-30-48)66-67(62)61(58)49-31-17-6-18-32-49/h1-42,57H,(H,64,65). The number of pyridine rings is 1. The molecule has 67 heavy (non-hydrogen) atoms. The van der Waals surface area contributed by atoms with Gasteiger partial charge in [-0.15, -0.1) is 0 Å². The van der Waals surface area contributed by atoms with Crippen LogP contribution in [0.25, 0.3) is 89.0 Å². The molecule has 1 unspecified atom stereocenters. The molecule has 3 heterocycles. The van der Waals surface area contributed by atoms with Gasteiger partial charge in [0.25, 0.3) is 0 Å². The van der Waals surface area contributed by atoms with Crippen molar-refractivity contribution >= 4 is 27.8 Å². The molecule has 1 aliphatic rings. The quantitative estimate of drug-likeness (QED) is 0.157. The van der Waals surface area contributed by atoms with E-state index in [1.54, 1.807) is 0 Å². The third kappa shape index (κ3) is 7.51. The molecule has 1 aliphatic heterocycles. The molecule has 1 N–H and O–H groups in total. The summed E-state index contributed by atoms with van der Waals surface area (Å²) < 4.78 is 2.20. The van der Waals surface area contributed by atoms with Gasteiger partial charge in [-0.05, 0) is 74.2 Å². The zero-order valence-electron chi connectivity index (χ0n) is 36.7. The van der Waals surface area contributed by atoms with Gasteiger partial charge >= 0.3 is 0 Å². The van der Waals surface area contributed by atoms with Crippen LogP contribution in [0.15, 0.2) is 260 Å². The summed E-state index contributed by atoms with van der Waals surface area (Å²) in [6, 6.07) is 88.2. The smallest absolute Gasteiger partial charge is 0.134 e. The van der Waals surface area contributed by atoms with Gasteiger partial charge in [0.05, 0.1) is 22.9 Å². The van der Waals surface area contributed by atoms with Crippen LogP contribution in [0.2, 0.25) is 0 Å². The molecule has 0 fully saturated rings. The van der Waals surface area contributed by atoms with Crippen molar-refractivity contribution in [2.45, 2.75) is 6.04 Å². The van der Waals surface area contributed by atoms with Crippen molar-refractivity contribution in [3.8, 4) is 67.0 Å². The molecule has 316 valence electrons. The Balaban J connectivity index is 1.02. The number of hydrogen-bond donors (Lipinski definition) is 1. The molecule has 0 amide bonds. The lowest BCUT2D eigenvalue weighted by atomic mass is 9.90. The van der Waals surface area contributed by atoms with E-state index < -0.39 is 0 Å². The lowest BCUT2D eigenvalue weighted by Crippen LogP contribution is -2.31. The van der Waals surface area contributed by atoms with Gasteiger partial charge in [0.1, 0.15) is 11.5 Å². The molecule has 0 radical (unpaired) electrons. The Morgan fingerprint density at radius 3 is 1.37 bits per heavy atom. The number of aromatic nitrogens is 2. The lowest BCUT2D eigenvalue weighted by Gasteiger charge is -2.26. The minimum absolute atomic E-state index is 0.151. The third-order valence-corrected chi connectivity index (χ3v) is 12.8. The number of hydrogen-bond acceptors (Lipinski definition) is 3. The zero-order valence-corrected chi connectivity index (χ0v) is 36.7. The average molecular weight is 857 g/mol. The van der Waals surface area contributed by atoms with E-state index in [1.807, 2.05) is 0 Å². The minimum Gasteiger partial charge on any atom is -0.359 e. The van der Waals surface area contributed by atoms with Crippen molar-refractivity contribution in [1.29, 1.82) is 0 Å². The first-order chi connectivity index (χ1) is 33.2. The zero-order chi connectivity index (χ0) is 44.5. The fourth-order valence-corrected chi connectivity index (χ4v) is 9.66. The molecule has 4 heteroatoms. The number of aliphatic imine (C=N–C) groups is 1. The van der Waals surface area contributed by atoms with Gasteiger partial charge in [-0.2, -0.15) is 5.10 Å². The van der Waals surface area contributed by atoms with Crippen molar-refractivity contribution in [2.24, 2.45) is 4.99 Å². The van der Waals surface area contributed by atoms with E-state index in [4.69, 9.17) is 10.1 Å². The van der Waals surface area contributed by atoms with Gasteiger partial charge in [0.15, 0.2) is 0 Å². The van der Waals surface area contributed by atoms with Gasteiger partial charge in [-0.25, -0.2) is 9.51 Å². The summed E-state index contributed by atoms with van der Waals surface area (Å²) >= 11 is 0. The van der Waals surface area contributed by atoms with E-state index in [2.05, 4.69) is 265 Å². The number of nitrogens with one attached hydrogen (secondary N) is 1. The van der Waals surface area contributed by atoms with Crippen LogP contribution in [0.5, 0.6) is 0 Å². The molecule has 0 bridgehead atoms. The van der Waals surface area contributed by atoms with Gasteiger partial charge in [-0.3, -0.25) is 0 Å². The van der Waals surface area contributed by atoms with Crippen LogP contribution in [0.3, 0.4) is 0 Å². The molecule has 0 saturated carbocycles. The van der Waals surface area contributed by atoms with E-state index in [0.717, 1.165) is 89.3 Å². The largest absolute Gasteiger partial charge is 0.359 e. The molecule has 0 aliphatic carbocycles. The molecule has 4 nitrogen and oxygen atoms in total. The SMILES string of the molecule is C1=C(c2ccccc2)N=C(c2ccc(-c3c(-c4ccccc4)n4nc(-c5ccccc5)c(-c5ccccc5)c4c4ccccc34)cc2)NC1c1cc(-c2ccccc2)cc(-c2ccccc2)c1. The summed E-state index contributed by atoms with van der Waals surface area (Å²) in [5, 5.41) is 11.8. The number of amidine groups is 1.